The van der Waals surface area contributed by atoms with Crippen molar-refractivity contribution in [1.29, 1.82) is 0 Å². The van der Waals surface area contributed by atoms with Gasteiger partial charge >= 0.3 is 5.97 Å². The summed E-state index contributed by atoms with van der Waals surface area (Å²) in [5, 5.41) is 27.7. The van der Waals surface area contributed by atoms with Crippen molar-refractivity contribution in [3.8, 4) is 0 Å². The van der Waals surface area contributed by atoms with E-state index in [2.05, 4.69) is 0 Å². The minimum Gasteiger partial charge on any atom is -0.433 e. The molecule has 0 aromatic heterocycles. The minimum absolute atomic E-state index is 0.253. The first kappa shape index (κ1) is 13.4. The molecule has 4 atom stereocenters. The lowest BCUT2D eigenvalue weighted by Gasteiger charge is -2.15. The van der Waals surface area contributed by atoms with Gasteiger partial charge < -0.3 is 24.8 Å². The molecular formula is C10H18O6. The Kier molecular flexibility index (Phi) is 5.14. The maximum atomic E-state index is 11.2. The zero-order valence-electron chi connectivity index (χ0n) is 9.20. The Morgan fingerprint density at radius 1 is 1.38 bits per heavy atom. The van der Waals surface area contributed by atoms with Crippen molar-refractivity contribution in [3.05, 3.63) is 0 Å². The van der Waals surface area contributed by atoms with E-state index in [0.29, 0.717) is 6.42 Å². The second-order valence-electron chi connectivity index (χ2n) is 3.80. The molecule has 0 aliphatic carbocycles. The van der Waals surface area contributed by atoms with E-state index in [1.807, 2.05) is 6.92 Å². The first-order valence-corrected chi connectivity index (χ1v) is 5.42. The largest absolute Gasteiger partial charge is 0.433 e. The molecule has 1 heterocycles. The summed E-state index contributed by atoms with van der Waals surface area (Å²) in [4.78, 5) is 11.2. The zero-order valence-corrected chi connectivity index (χ0v) is 9.20. The van der Waals surface area contributed by atoms with Gasteiger partial charge in [-0.3, -0.25) is 4.79 Å². The molecule has 0 spiro atoms. The zero-order chi connectivity index (χ0) is 12.1. The highest BCUT2D eigenvalue weighted by molar-refractivity contribution is 5.69. The van der Waals surface area contributed by atoms with Crippen LogP contribution < -0.4 is 0 Å². The van der Waals surface area contributed by atoms with Crippen LogP contribution in [0, 0.1) is 0 Å². The van der Waals surface area contributed by atoms with Gasteiger partial charge in [-0.05, 0) is 6.42 Å². The summed E-state index contributed by atoms with van der Waals surface area (Å²) in [5.41, 5.74) is 0. The van der Waals surface area contributed by atoms with Crippen LogP contribution in [0.3, 0.4) is 0 Å². The molecule has 1 saturated heterocycles. The monoisotopic (exact) mass is 234 g/mol. The number of carbonyl (C=O) groups is 1. The number of esters is 1. The first-order chi connectivity index (χ1) is 7.60. The van der Waals surface area contributed by atoms with Crippen molar-refractivity contribution in [2.75, 3.05) is 6.61 Å². The molecule has 0 amide bonds. The van der Waals surface area contributed by atoms with Crippen molar-refractivity contribution in [2.45, 2.75) is 50.8 Å². The Labute approximate surface area is 93.8 Å². The van der Waals surface area contributed by atoms with E-state index < -0.39 is 37.2 Å². The molecule has 1 aliphatic rings. The van der Waals surface area contributed by atoms with E-state index in [-0.39, 0.29) is 6.42 Å². The van der Waals surface area contributed by atoms with Crippen LogP contribution in [0.15, 0.2) is 0 Å². The Hall–Kier alpha value is -0.690. The van der Waals surface area contributed by atoms with E-state index in [9.17, 15) is 15.0 Å². The quantitative estimate of drug-likeness (QED) is 0.537. The standard InChI is InChI=1S/C10H18O6/c1-2-3-4-7(12)16-10-9(14)8(13)6(5-11)15-10/h6,8-11,13-14H,2-5H2,1H3/t6-,8-,9-,10?/m1/s1. The summed E-state index contributed by atoms with van der Waals surface area (Å²) in [6, 6.07) is 0. The van der Waals surface area contributed by atoms with Crippen molar-refractivity contribution < 1.29 is 29.6 Å². The smallest absolute Gasteiger partial charge is 0.308 e. The Morgan fingerprint density at radius 2 is 2.06 bits per heavy atom. The number of unbranched alkanes of at least 4 members (excludes halogenated alkanes) is 1. The van der Waals surface area contributed by atoms with E-state index in [4.69, 9.17) is 14.6 Å². The third-order valence-electron chi connectivity index (χ3n) is 2.48. The van der Waals surface area contributed by atoms with E-state index in [1.165, 1.54) is 0 Å². The van der Waals surface area contributed by atoms with Crippen molar-refractivity contribution in [2.24, 2.45) is 0 Å². The average molecular weight is 234 g/mol. The summed E-state index contributed by atoms with van der Waals surface area (Å²) in [5.74, 6) is -0.475. The van der Waals surface area contributed by atoms with Gasteiger partial charge in [0.25, 0.3) is 0 Å². The van der Waals surface area contributed by atoms with Gasteiger partial charge in [0.15, 0.2) is 0 Å². The van der Waals surface area contributed by atoms with Gasteiger partial charge in [0.1, 0.15) is 18.3 Å². The number of hydrogen-bond donors (Lipinski definition) is 3. The van der Waals surface area contributed by atoms with Crippen molar-refractivity contribution >= 4 is 5.97 Å². The molecule has 0 saturated carbocycles. The number of ether oxygens (including phenoxy) is 2. The fourth-order valence-corrected chi connectivity index (χ4v) is 1.47. The molecule has 6 heteroatoms. The second kappa shape index (κ2) is 6.15. The molecule has 1 rings (SSSR count). The lowest BCUT2D eigenvalue weighted by Crippen LogP contribution is -2.35. The van der Waals surface area contributed by atoms with Crippen LogP contribution in [0.5, 0.6) is 0 Å². The molecule has 1 aliphatic heterocycles. The Bertz CT molecular complexity index is 231. The minimum atomic E-state index is -1.30. The molecule has 1 unspecified atom stereocenters. The molecule has 3 N–H and O–H groups in total. The summed E-state index contributed by atoms with van der Waals surface area (Å²) in [7, 11) is 0. The van der Waals surface area contributed by atoms with Gasteiger partial charge in [-0.1, -0.05) is 13.3 Å². The summed E-state index contributed by atoms with van der Waals surface area (Å²) < 4.78 is 9.84. The van der Waals surface area contributed by atoms with Gasteiger partial charge in [0, 0.05) is 6.42 Å². The topological polar surface area (TPSA) is 96.2 Å². The predicted octanol–water partition coefficient (Wildman–Crippen LogP) is -0.841. The maximum absolute atomic E-state index is 11.2. The maximum Gasteiger partial charge on any atom is 0.308 e. The number of aliphatic hydroxyl groups is 3. The van der Waals surface area contributed by atoms with E-state index in [1.54, 1.807) is 0 Å². The number of hydrogen-bond acceptors (Lipinski definition) is 6. The summed E-state index contributed by atoms with van der Waals surface area (Å²) >= 11 is 0. The van der Waals surface area contributed by atoms with Gasteiger partial charge in [0.05, 0.1) is 6.61 Å². The van der Waals surface area contributed by atoms with Crippen LogP contribution in [0.1, 0.15) is 26.2 Å². The van der Waals surface area contributed by atoms with Crippen LogP contribution >= 0.6 is 0 Å². The number of rotatable bonds is 5. The van der Waals surface area contributed by atoms with Crippen molar-refractivity contribution in [3.63, 3.8) is 0 Å². The molecular weight excluding hydrogens is 216 g/mol. The third kappa shape index (κ3) is 3.15. The molecule has 0 bridgehead atoms. The molecule has 1 fully saturated rings. The van der Waals surface area contributed by atoms with Crippen LogP contribution in [0.4, 0.5) is 0 Å². The fourth-order valence-electron chi connectivity index (χ4n) is 1.47. The van der Waals surface area contributed by atoms with Gasteiger partial charge in [-0.2, -0.15) is 0 Å². The number of aliphatic hydroxyl groups excluding tert-OH is 3. The molecule has 94 valence electrons. The van der Waals surface area contributed by atoms with Crippen LogP contribution in [0.2, 0.25) is 0 Å². The van der Waals surface area contributed by atoms with E-state index in [0.717, 1.165) is 6.42 Å². The predicted molar refractivity (Wildman–Crippen MR) is 53.4 cm³/mol. The molecule has 0 radical (unpaired) electrons. The third-order valence-corrected chi connectivity index (χ3v) is 2.48. The van der Waals surface area contributed by atoms with Gasteiger partial charge in [-0.15, -0.1) is 0 Å². The molecule has 6 nitrogen and oxygen atoms in total. The SMILES string of the molecule is CCCCC(=O)OC1O[C@H](CO)[C@@H](O)[C@H]1O. The lowest BCUT2D eigenvalue weighted by molar-refractivity contribution is -0.189. The highest BCUT2D eigenvalue weighted by Gasteiger charge is 2.44. The highest BCUT2D eigenvalue weighted by Crippen LogP contribution is 2.22. The second-order valence-corrected chi connectivity index (χ2v) is 3.80. The van der Waals surface area contributed by atoms with Crippen LogP contribution in [-0.4, -0.2) is 52.5 Å². The van der Waals surface area contributed by atoms with E-state index >= 15 is 0 Å². The normalized spacial score (nSPS) is 34.0. The van der Waals surface area contributed by atoms with Gasteiger partial charge in [0.2, 0.25) is 6.29 Å². The Balaban J connectivity index is 2.40. The van der Waals surface area contributed by atoms with Crippen LogP contribution in [-0.2, 0) is 14.3 Å². The fraction of sp³-hybridized carbons (Fsp3) is 0.900. The van der Waals surface area contributed by atoms with Gasteiger partial charge in [-0.25, -0.2) is 0 Å². The number of carbonyl (C=O) groups excluding carboxylic acids is 1. The lowest BCUT2D eigenvalue weighted by atomic mass is 10.1. The summed E-state index contributed by atoms with van der Waals surface area (Å²) in [6.45, 7) is 1.51. The first-order valence-electron chi connectivity index (χ1n) is 5.42. The van der Waals surface area contributed by atoms with Crippen molar-refractivity contribution in [1.82, 2.24) is 0 Å². The molecule has 16 heavy (non-hydrogen) atoms. The van der Waals surface area contributed by atoms with Crippen LogP contribution in [0.25, 0.3) is 0 Å². The molecule has 0 aromatic carbocycles. The highest BCUT2D eigenvalue weighted by atomic mass is 16.7. The Morgan fingerprint density at radius 3 is 2.56 bits per heavy atom. The molecule has 0 aromatic rings. The summed E-state index contributed by atoms with van der Waals surface area (Å²) in [6.07, 6.45) is -2.80. The average Bonchev–Trinajstić information content (AvgIpc) is 2.54.